The van der Waals surface area contributed by atoms with Crippen molar-refractivity contribution >= 4 is 23.3 Å². The van der Waals surface area contributed by atoms with Crippen LogP contribution in [0.3, 0.4) is 0 Å². The molecule has 0 bridgehead atoms. The molecule has 2 amide bonds. The van der Waals surface area contributed by atoms with Gasteiger partial charge in [-0.05, 0) is 44.9 Å². The first-order valence-corrected chi connectivity index (χ1v) is 9.52. The Morgan fingerprint density at radius 1 is 1.21 bits per heavy atom. The third-order valence-electron chi connectivity index (χ3n) is 4.76. The van der Waals surface area contributed by atoms with Crippen LogP contribution in [0.2, 0.25) is 0 Å². The van der Waals surface area contributed by atoms with Crippen molar-refractivity contribution in [2.45, 2.75) is 32.8 Å². The van der Waals surface area contributed by atoms with E-state index in [1.807, 2.05) is 19.9 Å². The van der Waals surface area contributed by atoms with Crippen molar-refractivity contribution in [3.63, 3.8) is 0 Å². The fourth-order valence-electron chi connectivity index (χ4n) is 3.34. The van der Waals surface area contributed by atoms with Gasteiger partial charge in [0.25, 0.3) is 17.6 Å². The molecule has 29 heavy (non-hydrogen) atoms. The summed E-state index contributed by atoms with van der Waals surface area (Å²) >= 11 is 0. The van der Waals surface area contributed by atoms with Crippen molar-refractivity contribution in [2.24, 2.45) is 0 Å². The molecule has 1 atom stereocenters. The molecule has 2 aromatic heterocycles. The quantitative estimate of drug-likeness (QED) is 0.684. The molecule has 9 nitrogen and oxygen atoms in total. The van der Waals surface area contributed by atoms with Gasteiger partial charge in [0.1, 0.15) is 0 Å². The zero-order valence-electron chi connectivity index (χ0n) is 16.3. The Kier molecular flexibility index (Phi) is 5.22. The molecule has 1 aromatic carbocycles. The topological polar surface area (TPSA) is 111 Å². The van der Waals surface area contributed by atoms with E-state index in [4.69, 9.17) is 4.74 Å². The number of ether oxygens (including phenoxy) is 1. The Morgan fingerprint density at radius 2 is 2.03 bits per heavy atom. The van der Waals surface area contributed by atoms with E-state index in [2.05, 4.69) is 25.7 Å². The van der Waals surface area contributed by atoms with Crippen LogP contribution < -0.4 is 10.6 Å². The van der Waals surface area contributed by atoms with Crippen LogP contribution in [0.4, 0.5) is 5.69 Å². The molecule has 2 N–H and O–H groups in total. The second-order valence-electron chi connectivity index (χ2n) is 7.03. The van der Waals surface area contributed by atoms with Gasteiger partial charge in [-0.3, -0.25) is 9.59 Å². The molecule has 1 aliphatic rings. The second kappa shape index (κ2) is 7.96. The molecule has 9 heteroatoms. The monoisotopic (exact) mass is 394 g/mol. The lowest BCUT2D eigenvalue weighted by Gasteiger charge is -2.13. The highest BCUT2D eigenvalue weighted by molar-refractivity contribution is 6.07. The third kappa shape index (κ3) is 4.09. The number of hydrogen-bond acceptors (Lipinski definition) is 6. The van der Waals surface area contributed by atoms with Crippen LogP contribution in [0.25, 0.3) is 5.78 Å². The minimum Gasteiger partial charge on any atom is -0.376 e. The number of aromatic nitrogens is 4. The SMILES string of the molecule is Cc1cc(C)n2nc(C(=O)Nc3ccccc3C(=O)NCC3CCCO3)nc2n1. The summed E-state index contributed by atoms with van der Waals surface area (Å²) in [5.41, 5.74) is 2.38. The molecular weight excluding hydrogens is 372 g/mol. The summed E-state index contributed by atoms with van der Waals surface area (Å²) in [5, 5.41) is 9.83. The molecule has 1 unspecified atom stereocenters. The molecule has 150 valence electrons. The smallest absolute Gasteiger partial charge is 0.295 e. The maximum absolute atomic E-state index is 12.7. The van der Waals surface area contributed by atoms with Gasteiger partial charge in [-0.1, -0.05) is 12.1 Å². The second-order valence-corrected chi connectivity index (χ2v) is 7.03. The number of carbonyl (C=O) groups excluding carboxylic acids is 2. The van der Waals surface area contributed by atoms with E-state index < -0.39 is 5.91 Å². The number of carbonyl (C=O) groups is 2. The Labute approximate surface area is 167 Å². The number of hydrogen-bond donors (Lipinski definition) is 2. The summed E-state index contributed by atoms with van der Waals surface area (Å²) in [6.07, 6.45) is 1.99. The molecular formula is C20H22N6O3. The molecule has 4 rings (SSSR count). The number of amides is 2. The highest BCUT2D eigenvalue weighted by Crippen LogP contribution is 2.17. The highest BCUT2D eigenvalue weighted by Gasteiger charge is 2.20. The molecule has 1 fully saturated rings. The molecule has 3 aromatic rings. The van der Waals surface area contributed by atoms with Crippen LogP contribution in [0.1, 0.15) is 45.2 Å². The summed E-state index contributed by atoms with van der Waals surface area (Å²) in [4.78, 5) is 33.8. The van der Waals surface area contributed by atoms with E-state index in [1.54, 1.807) is 24.3 Å². The van der Waals surface area contributed by atoms with E-state index >= 15 is 0 Å². The van der Waals surface area contributed by atoms with Gasteiger partial charge in [-0.15, -0.1) is 5.10 Å². The van der Waals surface area contributed by atoms with Gasteiger partial charge in [-0.2, -0.15) is 4.98 Å². The van der Waals surface area contributed by atoms with Gasteiger partial charge >= 0.3 is 0 Å². The molecule has 3 heterocycles. The van der Waals surface area contributed by atoms with E-state index in [-0.39, 0.29) is 17.8 Å². The minimum atomic E-state index is -0.507. The lowest BCUT2D eigenvalue weighted by molar-refractivity contribution is 0.0858. The Hall–Kier alpha value is -3.33. The summed E-state index contributed by atoms with van der Waals surface area (Å²) in [5.74, 6) is -0.435. The lowest BCUT2D eigenvalue weighted by atomic mass is 10.1. The van der Waals surface area contributed by atoms with E-state index in [9.17, 15) is 9.59 Å². The number of benzene rings is 1. The van der Waals surface area contributed by atoms with Gasteiger partial charge in [0.2, 0.25) is 5.82 Å². The number of fused-ring (bicyclic) bond motifs is 1. The van der Waals surface area contributed by atoms with Crippen LogP contribution in [0, 0.1) is 13.8 Å². The maximum atomic E-state index is 12.7. The number of para-hydroxylation sites is 1. The summed E-state index contributed by atoms with van der Waals surface area (Å²) in [7, 11) is 0. The number of nitrogens with one attached hydrogen (secondary N) is 2. The van der Waals surface area contributed by atoms with Crippen LogP contribution in [-0.2, 0) is 4.74 Å². The van der Waals surface area contributed by atoms with Gasteiger partial charge in [0.05, 0.1) is 17.4 Å². The Bertz CT molecular complexity index is 1070. The lowest BCUT2D eigenvalue weighted by Crippen LogP contribution is -2.32. The van der Waals surface area contributed by atoms with Crippen LogP contribution in [0.15, 0.2) is 30.3 Å². The minimum absolute atomic E-state index is 0.0132. The van der Waals surface area contributed by atoms with Crippen molar-refractivity contribution in [3.8, 4) is 0 Å². The molecule has 1 saturated heterocycles. The zero-order chi connectivity index (χ0) is 20.4. The summed E-state index contributed by atoms with van der Waals surface area (Å²) in [6.45, 7) is 4.89. The van der Waals surface area contributed by atoms with Crippen molar-refractivity contribution < 1.29 is 14.3 Å². The van der Waals surface area contributed by atoms with Crippen molar-refractivity contribution in [1.82, 2.24) is 24.9 Å². The van der Waals surface area contributed by atoms with Crippen LogP contribution >= 0.6 is 0 Å². The first-order valence-electron chi connectivity index (χ1n) is 9.52. The Balaban J connectivity index is 1.51. The third-order valence-corrected chi connectivity index (χ3v) is 4.76. The fourth-order valence-corrected chi connectivity index (χ4v) is 3.34. The predicted molar refractivity (Wildman–Crippen MR) is 106 cm³/mol. The molecule has 0 aliphatic carbocycles. The van der Waals surface area contributed by atoms with E-state index in [0.717, 1.165) is 30.8 Å². The number of aryl methyl sites for hydroxylation is 2. The number of anilines is 1. The van der Waals surface area contributed by atoms with E-state index in [1.165, 1.54) is 4.52 Å². The zero-order valence-corrected chi connectivity index (χ0v) is 16.3. The fraction of sp³-hybridized carbons (Fsp3) is 0.350. The van der Waals surface area contributed by atoms with Crippen LogP contribution in [0.5, 0.6) is 0 Å². The number of rotatable bonds is 5. The molecule has 0 radical (unpaired) electrons. The van der Waals surface area contributed by atoms with Crippen molar-refractivity contribution in [3.05, 3.63) is 53.1 Å². The van der Waals surface area contributed by atoms with Gasteiger partial charge in [-0.25, -0.2) is 9.50 Å². The van der Waals surface area contributed by atoms with Gasteiger partial charge in [0.15, 0.2) is 0 Å². The van der Waals surface area contributed by atoms with Gasteiger partial charge < -0.3 is 15.4 Å². The average molecular weight is 394 g/mol. The maximum Gasteiger partial charge on any atom is 0.295 e. The van der Waals surface area contributed by atoms with E-state index in [0.29, 0.717) is 23.6 Å². The summed E-state index contributed by atoms with van der Waals surface area (Å²) in [6, 6.07) is 8.68. The Morgan fingerprint density at radius 3 is 2.83 bits per heavy atom. The average Bonchev–Trinajstić information content (AvgIpc) is 3.36. The predicted octanol–water partition coefficient (Wildman–Crippen LogP) is 1.90. The molecule has 0 spiro atoms. The summed E-state index contributed by atoms with van der Waals surface area (Å²) < 4.78 is 7.05. The highest BCUT2D eigenvalue weighted by atomic mass is 16.5. The standard InChI is InChI=1S/C20H22N6O3/c1-12-10-13(2)26-20(22-12)24-17(25-26)19(28)23-16-8-4-3-7-15(16)18(27)21-11-14-6-5-9-29-14/h3-4,7-8,10,14H,5-6,9,11H2,1-2H3,(H,21,27)(H,23,28). The normalized spacial score (nSPS) is 16.1. The molecule has 1 aliphatic heterocycles. The van der Waals surface area contributed by atoms with Crippen LogP contribution in [-0.4, -0.2) is 50.7 Å². The first kappa shape index (κ1) is 19.0. The van der Waals surface area contributed by atoms with Crippen molar-refractivity contribution in [2.75, 3.05) is 18.5 Å². The van der Waals surface area contributed by atoms with Crippen molar-refractivity contribution in [1.29, 1.82) is 0 Å². The molecule has 0 saturated carbocycles. The number of nitrogens with zero attached hydrogens (tertiary/aromatic N) is 4. The van der Waals surface area contributed by atoms with Gasteiger partial charge in [0, 0.05) is 24.5 Å². The largest absolute Gasteiger partial charge is 0.376 e. The first-order chi connectivity index (χ1) is 14.0.